The summed E-state index contributed by atoms with van der Waals surface area (Å²) in [5.74, 6) is -0.300. The summed E-state index contributed by atoms with van der Waals surface area (Å²) in [6.07, 6.45) is -0.546. The maximum absolute atomic E-state index is 12.8. The van der Waals surface area contributed by atoms with Crippen LogP contribution in [0.5, 0.6) is 5.75 Å². The first kappa shape index (κ1) is 19.8. The summed E-state index contributed by atoms with van der Waals surface area (Å²) in [5.41, 5.74) is 1.54. The molecule has 0 unspecified atom stereocenters. The van der Waals surface area contributed by atoms with Gasteiger partial charge in [0.15, 0.2) is 0 Å². The maximum Gasteiger partial charge on any atom is 0.314 e. The van der Waals surface area contributed by atoms with Crippen molar-refractivity contribution < 1.29 is 24.0 Å². The Bertz CT molecular complexity index is 837. The molecule has 1 fully saturated rings. The number of benzene rings is 2. The summed E-state index contributed by atoms with van der Waals surface area (Å²) in [6, 6.07) is 13.0. The Hall–Kier alpha value is -2.97. The van der Waals surface area contributed by atoms with Gasteiger partial charge in [0.25, 0.3) is 5.69 Å². The lowest BCUT2D eigenvalue weighted by Crippen LogP contribution is -2.28. The third-order valence-corrected chi connectivity index (χ3v) is 4.79. The highest BCUT2D eigenvalue weighted by molar-refractivity contribution is 5.75. The smallest absolute Gasteiger partial charge is 0.314 e. The highest BCUT2D eigenvalue weighted by Crippen LogP contribution is 2.47. The van der Waals surface area contributed by atoms with Crippen LogP contribution in [-0.2, 0) is 14.4 Å². The van der Waals surface area contributed by atoms with Crippen molar-refractivity contribution in [2.75, 3.05) is 20.8 Å². The van der Waals surface area contributed by atoms with Crippen LogP contribution in [-0.4, -0.2) is 36.7 Å². The molecular formula is C20H22N2O6. The van der Waals surface area contributed by atoms with Gasteiger partial charge in [-0.1, -0.05) is 24.3 Å². The molecule has 2 aromatic rings. The Morgan fingerprint density at radius 2 is 1.75 bits per heavy atom. The fourth-order valence-electron chi connectivity index (χ4n) is 3.47. The van der Waals surface area contributed by atoms with Crippen molar-refractivity contribution in [3.8, 4) is 5.75 Å². The minimum atomic E-state index is -0.625. The van der Waals surface area contributed by atoms with Crippen molar-refractivity contribution in [1.29, 1.82) is 0 Å². The number of non-ortho nitro benzene ring substituents is 1. The van der Waals surface area contributed by atoms with Gasteiger partial charge < -0.3 is 9.47 Å². The summed E-state index contributed by atoms with van der Waals surface area (Å²) in [5, 5.41) is 12.5. The van der Waals surface area contributed by atoms with Crippen LogP contribution in [0.4, 0.5) is 5.69 Å². The number of hydrogen-bond donors (Lipinski definition) is 0. The molecule has 0 saturated carbocycles. The fourth-order valence-corrected chi connectivity index (χ4v) is 3.47. The van der Waals surface area contributed by atoms with E-state index >= 15 is 0 Å². The lowest BCUT2D eigenvalue weighted by atomic mass is 9.86. The minimum Gasteiger partial charge on any atom is -0.497 e. The van der Waals surface area contributed by atoms with Crippen molar-refractivity contribution in [3.05, 3.63) is 69.8 Å². The average molecular weight is 386 g/mol. The molecule has 3 rings (SSSR count). The second kappa shape index (κ2) is 8.37. The molecule has 0 spiro atoms. The van der Waals surface area contributed by atoms with Gasteiger partial charge in [0.05, 0.1) is 24.7 Å². The van der Waals surface area contributed by atoms with E-state index in [1.807, 2.05) is 12.1 Å². The van der Waals surface area contributed by atoms with Gasteiger partial charge in [-0.15, -0.1) is 0 Å². The highest BCUT2D eigenvalue weighted by Gasteiger charge is 2.48. The zero-order valence-electron chi connectivity index (χ0n) is 15.9. The summed E-state index contributed by atoms with van der Waals surface area (Å²) < 4.78 is 10.5. The lowest BCUT2D eigenvalue weighted by molar-refractivity contribution is -0.384. The topological polar surface area (TPSA) is 91.1 Å². The van der Waals surface area contributed by atoms with Crippen LogP contribution in [0.25, 0.3) is 0 Å². The predicted octanol–water partition coefficient (Wildman–Crippen LogP) is 3.44. The number of methoxy groups -OCH3 is 1. The quantitative estimate of drug-likeness (QED) is 0.427. The van der Waals surface area contributed by atoms with E-state index in [1.165, 1.54) is 12.1 Å². The first-order valence-corrected chi connectivity index (χ1v) is 8.90. The number of carbonyl (C=O) groups is 1. The molecule has 0 bridgehead atoms. The van der Waals surface area contributed by atoms with Gasteiger partial charge in [0, 0.05) is 19.2 Å². The first-order valence-electron chi connectivity index (χ1n) is 8.90. The molecule has 1 aliphatic rings. The number of nitrogens with zero attached hydrogens (tertiary/aromatic N) is 2. The molecular weight excluding hydrogens is 364 g/mol. The Morgan fingerprint density at radius 3 is 2.29 bits per heavy atom. The molecule has 1 aliphatic heterocycles. The third kappa shape index (κ3) is 3.83. The minimum absolute atomic E-state index is 0.00953. The van der Waals surface area contributed by atoms with E-state index in [-0.39, 0.29) is 18.3 Å². The summed E-state index contributed by atoms with van der Waals surface area (Å²) in [4.78, 5) is 29.3. The molecule has 0 N–H and O–H groups in total. The Balaban J connectivity index is 1.97. The van der Waals surface area contributed by atoms with Crippen molar-refractivity contribution in [1.82, 2.24) is 5.06 Å². The third-order valence-electron chi connectivity index (χ3n) is 4.79. The number of nitro groups is 1. The van der Waals surface area contributed by atoms with Crippen LogP contribution in [0.1, 0.15) is 30.2 Å². The number of ether oxygens (including phenoxy) is 2. The second-order valence-corrected chi connectivity index (χ2v) is 6.42. The number of hydroxylamine groups is 2. The van der Waals surface area contributed by atoms with E-state index in [4.69, 9.17) is 14.3 Å². The van der Waals surface area contributed by atoms with Gasteiger partial charge in [-0.05, 0) is 30.2 Å². The van der Waals surface area contributed by atoms with Crippen molar-refractivity contribution in [3.63, 3.8) is 0 Å². The average Bonchev–Trinajstić information content (AvgIpc) is 3.05. The van der Waals surface area contributed by atoms with Crippen LogP contribution in [0, 0.1) is 16.0 Å². The molecule has 28 heavy (non-hydrogen) atoms. The number of esters is 1. The molecule has 0 amide bonds. The van der Waals surface area contributed by atoms with Gasteiger partial charge in [-0.2, -0.15) is 5.06 Å². The number of carbonyl (C=O) groups excluding carboxylic acids is 1. The van der Waals surface area contributed by atoms with Gasteiger partial charge >= 0.3 is 5.97 Å². The van der Waals surface area contributed by atoms with Crippen LogP contribution in [0.15, 0.2) is 48.5 Å². The van der Waals surface area contributed by atoms with Crippen LogP contribution in [0.3, 0.4) is 0 Å². The van der Waals surface area contributed by atoms with Crippen molar-refractivity contribution in [2.45, 2.75) is 19.1 Å². The van der Waals surface area contributed by atoms with Gasteiger partial charge in [-0.3, -0.25) is 19.7 Å². The highest BCUT2D eigenvalue weighted by atomic mass is 16.7. The zero-order chi connectivity index (χ0) is 20.3. The SMILES string of the molecule is CCOC(=O)[C@@H]1[C@@H](c2ccc(OC)cc2)ON(C)[C@H]1c1ccc([N+](=O)[O-])cc1. The standard InChI is InChI=1S/C20H22N2O6/c1-4-27-20(23)17-18(13-5-9-15(10-6-13)22(24)25)21(2)28-19(17)14-7-11-16(26-3)12-8-14/h5-12,17-19H,4H2,1-3H3/t17-,18-,19+/m0/s1. The number of rotatable bonds is 6. The predicted molar refractivity (Wildman–Crippen MR) is 101 cm³/mol. The van der Waals surface area contributed by atoms with E-state index in [2.05, 4.69) is 0 Å². The van der Waals surface area contributed by atoms with E-state index in [0.717, 1.165) is 11.1 Å². The molecule has 0 radical (unpaired) electrons. The van der Waals surface area contributed by atoms with E-state index in [1.54, 1.807) is 50.4 Å². The fraction of sp³-hybridized carbons (Fsp3) is 0.350. The molecule has 8 heteroatoms. The second-order valence-electron chi connectivity index (χ2n) is 6.42. The molecule has 0 aliphatic carbocycles. The molecule has 148 valence electrons. The molecule has 1 heterocycles. The molecule has 2 aromatic carbocycles. The number of hydrogen-bond acceptors (Lipinski definition) is 7. The van der Waals surface area contributed by atoms with Crippen LogP contribution in [0.2, 0.25) is 0 Å². The largest absolute Gasteiger partial charge is 0.497 e. The monoisotopic (exact) mass is 386 g/mol. The molecule has 1 saturated heterocycles. The van der Waals surface area contributed by atoms with Crippen molar-refractivity contribution in [2.24, 2.45) is 5.92 Å². The first-order chi connectivity index (χ1) is 13.5. The summed E-state index contributed by atoms with van der Waals surface area (Å²) in [7, 11) is 3.32. The van der Waals surface area contributed by atoms with Crippen LogP contribution >= 0.6 is 0 Å². The summed E-state index contributed by atoms with van der Waals surface area (Å²) in [6.45, 7) is 2.00. The van der Waals surface area contributed by atoms with Crippen LogP contribution < -0.4 is 4.74 Å². The van der Waals surface area contributed by atoms with E-state index in [0.29, 0.717) is 5.75 Å². The van der Waals surface area contributed by atoms with Gasteiger partial charge in [-0.25, -0.2) is 0 Å². The van der Waals surface area contributed by atoms with Crippen molar-refractivity contribution >= 4 is 11.7 Å². The van der Waals surface area contributed by atoms with E-state index in [9.17, 15) is 14.9 Å². The van der Waals surface area contributed by atoms with E-state index < -0.39 is 23.0 Å². The Labute approximate surface area is 162 Å². The summed E-state index contributed by atoms with van der Waals surface area (Å²) >= 11 is 0. The molecule has 3 atom stereocenters. The maximum atomic E-state index is 12.8. The Kier molecular flexibility index (Phi) is 5.91. The zero-order valence-corrected chi connectivity index (χ0v) is 15.9. The normalized spacial score (nSPS) is 22.0. The number of nitro benzene ring substituents is 1. The lowest BCUT2D eigenvalue weighted by Gasteiger charge is -2.22. The molecule has 8 nitrogen and oxygen atoms in total. The Morgan fingerprint density at radius 1 is 1.14 bits per heavy atom. The molecule has 0 aromatic heterocycles. The van der Waals surface area contributed by atoms with Gasteiger partial charge in [0.1, 0.15) is 17.8 Å². The van der Waals surface area contributed by atoms with Gasteiger partial charge in [0.2, 0.25) is 0 Å².